The average molecular weight is 429 g/mol. The lowest BCUT2D eigenvalue weighted by Crippen LogP contribution is -2.19. The van der Waals surface area contributed by atoms with Gasteiger partial charge in [0.2, 0.25) is 0 Å². The highest BCUT2D eigenvalue weighted by molar-refractivity contribution is 6.03. The van der Waals surface area contributed by atoms with E-state index in [-0.39, 0.29) is 0 Å². The fraction of sp³-hybridized carbons (Fsp3) is 0.667. The van der Waals surface area contributed by atoms with Crippen molar-refractivity contribution in [1.29, 1.82) is 0 Å². The Morgan fingerprint density at radius 2 is 1.39 bits per heavy atom. The van der Waals surface area contributed by atoms with E-state index in [1.54, 1.807) is 0 Å². The highest BCUT2D eigenvalue weighted by Gasteiger charge is 2.21. The van der Waals surface area contributed by atoms with Gasteiger partial charge in [-0.15, -0.1) is 0 Å². The lowest BCUT2D eigenvalue weighted by molar-refractivity contribution is 0.0381. The number of esters is 2. The summed E-state index contributed by atoms with van der Waals surface area (Å²) < 4.78 is 312. The molecule has 0 bridgehead atoms. The Hall–Kier alpha value is -1.84. The number of carbonyl (C=O) groups excluding carboxylic acids is 2. The molecule has 4 nitrogen and oxygen atoms in total. The molecule has 1 rings (SSSR count). The molecule has 1 aromatic carbocycles. The van der Waals surface area contributed by atoms with E-state index in [2.05, 4.69) is 9.47 Å². The van der Waals surface area contributed by atoms with Crippen LogP contribution in [0.25, 0.3) is 0 Å². The maximum Gasteiger partial charge on any atom is 0.339 e. The molecule has 0 N–H and O–H groups in total. The zero-order chi connectivity index (χ0) is 54.0. The molecule has 0 radical (unpaired) electrons. The molecule has 0 fully saturated rings. The van der Waals surface area contributed by atoms with Crippen LogP contribution in [0.5, 0.6) is 0 Å². The quantitative estimate of drug-likeness (QED) is 0.320. The topological polar surface area (TPSA) is 52.6 Å². The number of hydrogen-bond donors (Lipinski definition) is 0. The van der Waals surface area contributed by atoms with Crippen molar-refractivity contribution in [3.05, 3.63) is 35.3 Å². The highest BCUT2D eigenvalue weighted by atomic mass is 16.5. The van der Waals surface area contributed by atoms with Crippen LogP contribution >= 0.6 is 0 Å². The van der Waals surface area contributed by atoms with Crippen LogP contribution < -0.4 is 0 Å². The van der Waals surface area contributed by atoms with Gasteiger partial charge in [-0.1, -0.05) is 77.7 Å². The predicted octanol–water partition coefficient (Wildman–Crippen LogP) is 6.43. The third-order valence-electron chi connectivity index (χ3n) is 2.34. The fourth-order valence-corrected chi connectivity index (χ4v) is 1.27. The van der Waals surface area contributed by atoms with Gasteiger partial charge in [0.15, 0.2) is 0 Å². The molecule has 0 heterocycles. The minimum Gasteiger partial charge on any atom is -0.462 e. The largest absolute Gasteiger partial charge is 0.462 e. The molecule has 158 valence electrons. The van der Waals surface area contributed by atoms with Gasteiger partial charge >= 0.3 is 11.9 Å². The third-order valence-corrected chi connectivity index (χ3v) is 2.34. The van der Waals surface area contributed by atoms with E-state index in [0.717, 1.165) is 0 Å². The van der Waals surface area contributed by atoms with Crippen LogP contribution in [0, 0.1) is 11.8 Å². The molecule has 28 heavy (non-hydrogen) atoms. The number of ether oxygens (including phenoxy) is 2. The summed E-state index contributed by atoms with van der Waals surface area (Å²) in [5.41, 5.74) is -4.45. The zero-order valence-corrected chi connectivity index (χ0v) is 13.6. The second kappa shape index (κ2) is 14.2. The van der Waals surface area contributed by atoms with Crippen molar-refractivity contribution in [2.24, 2.45) is 11.8 Å². The molecular formula is C24H38O4. The number of benzene rings is 1. The first-order chi connectivity index (χ1) is 28.2. The molecular weight excluding hydrogens is 352 g/mol. The lowest BCUT2D eigenvalue weighted by Gasteiger charge is -2.17. The summed E-state index contributed by atoms with van der Waals surface area (Å²) in [5.74, 6) is -16.5. The van der Waals surface area contributed by atoms with Gasteiger partial charge in [0.25, 0.3) is 0 Å². The van der Waals surface area contributed by atoms with Gasteiger partial charge in [-0.25, -0.2) is 9.59 Å². The standard InChI is InChI=1S/C24H38O4/c1-5-9-13-19(7-3)17-27-23(25)21-15-11-12-16-22(21)24(26)28-18-20(8-4)14-10-6-2/h11-12,15-16,19-20H,5-10,13-14,17-18H2,1-4H3/i1D3,2D3,3D3,4D3,5D2,6D2,7D2,8D2,9D2,10D2,11D,12D,13D2,14D2,15D,16D,17D2,18D2,19D,20D. The molecule has 1 aromatic rings. The smallest absolute Gasteiger partial charge is 0.339 e. The second-order valence-electron chi connectivity index (χ2n) is 3.98. The summed E-state index contributed by atoms with van der Waals surface area (Å²) in [6, 6.07) is -7.26. The van der Waals surface area contributed by atoms with Crippen LogP contribution in [-0.2, 0) is 9.47 Å². The highest BCUT2D eigenvalue weighted by Crippen LogP contribution is 2.18. The lowest BCUT2D eigenvalue weighted by atomic mass is 10.0. The van der Waals surface area contributed by atoms with E-state index >= 15 is 0 Å². The van der Waals surface area contributed by atoms with Crippen LogP contribution in [0.1, 0.15) is 151 Å². The van der Waals surface area contributed by atoms with Crippen LogP contribution in [0.3, 0.4) is 0 Å². The molecule has 0 amide bonds. The van der Waals surface area contributed by atoms with Gasteiger partial charge in [0.1, 0.15) is 0 Å². The molecule has 0 aliphatic heterocycles. The van der Waals surface area contributed by atoms with Crippen molar-refractivity contribution in [2.45, 2.75) is 78.4 Å². The van der Waals surface area contributed by atoms with E-state index in [1.807, 2.05) is 0 Å². The summed E-state index contributed by atoms with van der Waals surface area (Å²) in [6.45, 7) is -28.1. The third kappa shape index (κ3) is 8.45. The fourth-order valence-electron chi connectivity index (χ4n) is 1.27. The van der Waals surface area contributed by atoms with Gasteiger partial charge in [0, 0.05) is 41.1 Å². The normalized spacial score (nSPS) is 42.1. The van der Waals surface area contributed by atoms with E-state index in [4.69, 9.17) is 52.1 Å². The van der Waals surface area contributed by atoms with Crippen molar-refractivity contribution in [2.75, 3.05) is 13.1 Å². The number of rotatable bonds is 14. The number of carbonyl (C=O) groups is 2. The van der Waals surface area contributed by atoms with Gasteiger partial charge in [-0.05, 0) is 36.6 Å². The monoisotopic (exact) mass is 429 g/mol. The van der Waals surface area contributed by atoms with Crippen LogP contribution in [0.15, 0.2) is 24.2 Å². The summed E-state index contributed by atoms with van der Waals surface area (Å²) in [5, 5.41) is 0. The van der Waals surface area contributed by atoms with Crippen LogP contribution in [0.2, 0.25) is 0 Å². The summed E-state index contributed by atoms with van der Waals surface area (Å²) >= 11 is 0. The second-order valence-corrected chi connectivity index (χ2v) is 3.98. The Morgan fingerprint density at radius 3 is 1.79 bits per heavy atom. The Bertz CT molecular complexity index is 1890. The van der Waals surface area contributed by atoms with Gasteiger partial charge in [-0.3, -0.25) is 0 Å². The van der Waals surface area contributed by atoms with Gasteiger partial charge in [0.05, 0.1) is 35.2 Å². The number of hydrogen-bond acceptors (Lipinski definition) is 4. The van der Waals surface area contributed by atoms with Crippen LogP contribution in [-0.4, -0.2) is 25.1 Å². The zero-order valence-electron chi connectivity index (χ0n) is 51.6. The summed E-state index contributed by atoms with van der Waals surface area (Å²) in [4.78, 5) is 27.8. The minimum absolute atomic E-state index is 1.68. The van der Waals surface area contributed by atoms with E-state index < -0.39 is 151 Å². The SMILES string of the molecule is [2H]c1c([2H])c([2H])c(C(=O)OC([2H])([2H])C([2H])(C([2H])([2H])C([2H])([2H])[2H])C([2H])([2H])C([2H])([2H])C([2H])([2H])C([2H])([2H])[2H])c(C(=O)OC([2H])([2H])C([2H])(C([2H])([2H])C([2H])([2H])[2H])C([2H])([2H])C([2H])([2H])C([2H])([2H])C([2H])([2H])[2H])c1[2H]. The molecule has 0 saturated carbocycles. The summed E-state index contributed by atoms with van der Waals surface area (Å²) in [7, 11) is 0. The average Bonchev–Trinajstić information content (AvgIpc) is 3.07. The molecule has 2 atom stereocenters. The van der Waals surface area contributed by atoms with Crippen molar-refractivity contribution in [3.8, 4) is 0 Å². The predicted molar refractivity (Wildman–Crippen MR) is 114 cm³/mol. The van der Waals surface area contributed by atoms with Crippen molar-refractivity contribution in [3.63, 3.8) is 0 Å². The van der Waals surface area contributed by atoms with Crippen molar-refractivity contribution < 1.29 is 71.2 Å². The maximum atomic E-state index is 13.9. The first-order valence-electron chi connectivity index (χ1n) is 25.7. The Balaban J connectivity index is 4.55. The Kier molecular flexibility index (Phi) is 2.04. The first-order valence-corrected chi connectivity index (χ1v) is 6.72. The molecule has 2 unspecified atom stereocenters. The van der Waals surface area contributed by atoms with E-state index in [0.29, 0.717) is 0 Å². The molecule has 0 aromatic heterocycles. The van der Waals surface area contributed by atoms with Gasteiger partial charge in [-0.2, -0.15) is 0 Å². The first kappa shape index (κ1) is 4.02. The molecule has 0 aliphatic carbocycles. The molecule has 4 heteroatoms. The molecule has 0 aliphatic rings. The Morgan fingerprint density at radius 1 is 0.929 bits per heavy atom. The molecule has 0 spiro atoms. The minimum atomic E-state index is -5.32. The van der Waals surface area contributed by atoms with E-state index in [9.17, 15) is 9.59 Å². The van der Waals surface area contributed by atoms with Crippen LogP contribution in [0.4, 0.5) is 0 Å². The van der Waals surface area contributed by atoms with Gasteiger partial charge < -0.3 is 9.47 Å². The Labute approximate surface area is 224 Å². The summed E-state index contributed by atoms with van der Waals surface area (Å²) in [6.07, 6.45) is -39.4. The van der Waals surface area contributed by atoms with Crippen molar-refractivity contribution in [1.82, 2.24) is 0 Å². The molecule has 0 saturated heterocycles. The van der Waals surface area contributed by atoms with E-state index in [1.165, 1.54) is 0 Å². The maximum absolute atomic E-state index is 13.9. The van der Waals surface area contributed by atoms with Crippen molar-refractivity contribution >= 4 is 11.9 Å².